The first-order valence-electron chi connectivity index (χ1n) is 6.08. The number of H-pyrrole nitrogens is 1. The van der Waals surface area contributed by atoms with E-state index < -0.39 is 15.2 Å². The fourth-order valence-electron chi connectivity index (χ4n) is 1.97. The molecule has 0 aliphatic carbocycles. The third-order valence-corrected chi connectivity index (χ3v) is 3.70. The van der Waals surface area contributed by atoms with Crippen LogP contribution in [0.3, 0.4) is 0 Å². The monoisotopic (exact) mass is 316 g/mol. The molecule has 0 radical (unpaired) electrons. The summed E-state index contributed by atoms with van der Waals surface area (Å²) in [5.74, 6) is 0.135. The van der Waals surface area contributed by atoms with Gasteiger partial charge < -0.3 is 4.98 Å². The molecule has 3 rings (SSSR count). The van der Waals surface area contributed by atoms with Crippen LogP contribution in [0.15, 0.2) is 42.6 Å². The van der Waals surface area contributed by atoms with E-state index in [9.17, 15) is 18.5 Å². The maximum Gasteiger partial charge on any atom is 0.287 e. The highest BCUT2D eigenvalue weighted by atomic mass is 32.2. The van der Waals surface area contributed by atoms with Gasteiger partial charge in [-0.05, 0) is 18.2 Å². The molecule has 22 heavy (non-hydrogen) atoms. The highest BCUT2D eigenvalue weighted by molar-refractivity contribution is 7.73. The highest BCUT2D eigenvalue weighted by Crippen LogP contribution is 2.15. The summed E-state index contributed by atoms with van der Waals surface area (Å²) in [6, 6.07) is 9.55. The average molecular weight is 316 g/mol. The van der Waals surface area contributed by atoms with Gasteiger partial charge in [0.2, 0.25) is 10.3 Å². The Morgan fingerprint density at radius 2 is 1.95 bits per heavy atom. The van der Waals surface area contributed by atoms with Crippen molar-refractivity contribution < 1.29 is 13.3 Å². The third-order valence-electron chi connectivity index (χ3n) is 2.96. The number of para-hydroxylation sites is 2. The standard InChI is InChI=1S/C13H8N4O4S/c18-17(19)8-5-6-11(14-7-8)12(22(20)21)13-15-9-3-1-2-4-10(9)16-13/h1-7H,(H,15,16). The largest absolute Gasteiger partial charge is 0.337 e. The van der Waals surface area contributed by atoms with E-state index in [1.165, 1.54) is 12.1 Å². The molecule has 0 amide bonds. The van der Waals surface area contributed by atoms with E-state index in [-0.39, 0.29) is 22.1 Å². The molecule has 2 heterocycles. The van der Waals surface area contributed by atoms with Crippen LogP contribution in [0.2, 0.25) is 0 Å². The second kappa shape index (κ2) is 5.37. The first kappa shape index (κ1) is 13.9. The molecular weight excluding hydrogens is 308 g/mol. The molecule has 2 aromatic heterocycles. The Bertz CT molecular complexity index is 965. The predicted molar refractivity (Wildman–Crippen MR) is 79.1 cm³/mol. The van der Waals surface area contributed by atoms with E-state index in [0.29, 0.717) is 11.0 Å². The molecule has 1 aromatic carbocycles. The van der Waals surface area contributed by atoms with E-state index in [2.05, 4.69) is 15.0 Å². The Kier molecular flexibility index (Phi) is 3.39. The molecule has 0 saturated heterocycles. The summed E-state index contributed by atoms with van der Waals surface area (Å²) in [5.41, 5.74) is 1.16. The lowest BCUT2D eigenvalue weighted by Gasteiger charge is -1.98. The summed E-state index contributed by atoms with van der Waals surface area (Å²) in [5, 5.41) is 10.6. The summed E-state index contributed by atoms with van der Waals surface area (Å²) in [6.07, 6.45) is 1.00. The summed E-state index contributed by atoms with van der Waals surface area (Å²) >= 11 is 0. The van der Waals surface area contributed by atoms with Crippen molar-refractivity contribution in [1.29, 1.82) is 0 Å². The van der Waals surface area contributed by atoms with Gasteiger partial charge in [0.05, 0.1) is 21.7 Å². The van der Waals surface area contributed by atoms with E-state index in [1.54, 1.807) is 24.3 Å². The van der Waals surface area contributed by atoms with Crippen molar-refractivity contribution >= 4 is 31.9 Å². The van der Waals surface area contributed by atoms with Crippen LogP contribution in [0.4, 0.5) is 5.69 Å². The van der Waals surface area contributed by atoms with Gasteiger partial charge in [-0.15, -0.1) is 0 Å². The van der Waals surface area contributed by atoms with E-state index in [0.717, 1.165) is 6.20 Å². The number of fused-ring (bicyclic) bond motifs is 1. The topological polar surface area (TPSA) is 119 Å². The molecule has 0 aliphatic heterocycles. The molecule has 0 fully saturated rings. The molecule has 8 nitrogen and oxygen atoms in total. The van der Waals surface area contributed by atoms with Gasteiger partial charge >= 0.3 is 0 Å². The third kappa shape index (κ3) is 2.44. The number of aromatic amines is 1. The zero-order valence-electron chi connectivity index (χ0n) is 10.9. The van der Waals surface area contributed by atoms with Crippen molar-refractivity contribution in [3.63, 3.8) is 0 Å². The lowest BCUT2D eigenvalue weighted by molar-refractivity contribution is -0.385. The number of benzene rings is 1. The van der Waals surface area contributed by atoms with Gasteiger partial charge in [0, 0.05) is 6.07 Å². The van der Waals surface area contributed by atoms with Crippen LogP contribution in [0.1, 0.15) is 11.5 Å². The second-order valence-corrected chi connectivity index (χ2v) is 5.20. The summed E-state index contributed by atoms with van der Waals surface area (Å²) < 4.78 is 23.1. The molecule has 0 atom stereocenters. The van der Waals surface area contributed by atoms with Crippen molar-refractivity contribution in [2.45, 2.75) is 0 Å². The number of nitrogens with zero attached hydrogens (tertiary/aromatic N) is 3. The minimum Gasteiger partial charge on any atom is -0.337 e. The fraction of sp³-hybridized carbons (Fsp3) is 0. The van der Waals surface area contributed by atoms with Gasteiger partial charge in [0.15, 0.2) is 10.7 Å². The molecule has 0 saturated carbocycles. The second-order valence-electron chi connectivity index (χ2n) is 4.33. The van der Waals surface area contributed by atoms with Crippen molar-refractivity contribution in [2.75, 3.05) is 0 Å². The summed E-state index contributed by atoms with van der Waals surface area (Å²) in [4.78, 5) is 20.8. The lowest BCUT2D eigenvalue weighted by Crippen LogP contribution is -2.09. The number of hydrogen-bond donors (Lipinski definition) is 1. The molecule has 3 aromatic rings. The average Bonchev–Trinajstić information content (AvgIpc) is 2.90. The van der Waals surface area contributed by atoms with Crippen LogP contribution in [-0.4, -0.2) is 33.2 Å². The van der Waals surface area contributed by atoms with Crippen LogP contribution < -0.4 is 0 Å². The molecule has 0 aliphatic rings. The van der Waals surface area contributed by atoms with Gasteiger partial charge in [-0.2, -0.15) is 8.42 Å². The smallest absolute Gasteiger partial charge is 0.287 e. The number of pyridine rings is 1. The molecule has 110 valence electrons. The molecular formula is C13H8N4O4S. The molecule has 0 spiro atoms. The quantitative estimate of drug-likeness (QED) is 0.337. The Morgan fingerprint density at radius 1 is 1.18 bits per heavy atom. The first-order valence-corrected chi connectivity index (χ1v) is 7.16. The van der Waals surface area contributed by atoms with Crippen molar-refractivity contribution in [2.24, 2.45) is 0 Å². The predicted octanol–water partition coefficient (Wildman–Crippen LogP) is 1.31. The Hall–Kier alpha value is -3.07. The first-order chi connectivity index (χ1) is 10.6. The van der Waals surface area contributed by atoms with E-state index >= 15 is 0 Å². The highest BCUT2D eigenvalue weighted by Gasteiger charge is 2.16. The normalized spacial score (nSPS) is 10.5. The Labute approximate surface area is 125 Å². The van der Waals surface area contributed by atoms with Crippen molar-refractivity contribution in [3.8, 4) is 0 Å². The van der Waals surface area contributed by atoms with Gasteiger partial charge in [0.1, 0.15) is 6.20 Å². The van der Waals surface area contributed by atoms with Crippen LogP contribution in [0.5, 0.6) is 0 Å². The Balaban J connectivity index is 2.15. The summed E-state index contributed by atoms with van der Waals surface area (Å²) in [6.45, 7) is 0. The van der Waals surface area contributed by atoms with Gasteiger partial charge in [0.25, 0.3) is 5.69 Å². The van der Waals surface area contributed by atoms with Crippen molar-refractivity contribution in [3.05, 3.63) is 64.2 Å². The number of nitro groups is 1. The lowest BCUT2D eigenvalue weighted by atomic mass is 10.2. The summed E-state index contributed by atoms with van der Waals surface area (Å²) in [7, 11) is -2.61. The molecule has 1 N–H and O–H groups in total. The van der Waals surface area contributed by atoms with E-state index in [1.807, 2.05) is 0 Å². The van der Waals surface area contributed by atoms with Crippen LogP contribution in [0, 0.1) is 10.1 Å². The van der Waals surface area contributed by atoms with Crippen LogP contribution >= 0.6 is 0 Å². The maximum atomic E-state index is 11.5. The van der Waals surface area contributed by atoms with Crippen LogP contribution in [0.25, 0.3) is 11.0 Å². The number of hydrogen-bond acceptors (Lipinski definition) is 6. The number of nitrogens with one attached hydrogen (secondary N) is 1. The zero-order valence-corrected chi connectivity index (χ0v) is 11.7. The maximum absolute atomic E-state index is 11.5. The minimum absolute atomic E-state index is 0.0815. The molecule has 9 heteroatoms. The van der Waals surface area contributed by atoms with Gasteiger partial charge in [-0.3, -0.25) is 10.1 Å². The number of aromatic nitrogens is 3. The number of rotatable bonds is 3. The zero-order chi connectivity index (χ0) is 15.7. The minimum atomic E-state index is -2.61. The Morgan fingerprint density at radius 3 is 2.55 bits per heavy atom. The van der Waals surface area contributed by atoms with Gasteiger partial charge in [-0.1, -0.05) is 12.1 Å². The van der Waals surface area contributed by atoms with E-state index in [4.69, 9.17) is 0 Å². The molecule has 0 bridgehead atoms. The fourth-order valence-corrected chi connectivity index (χ4v) is 2.52. The number of imidazole rings is 1. The SMILES string of the molecule is O=[N+]([O-])c1ccc(C(c2nc3ccccc3[nH]2)=S(=O)=O)nc1. The van der Waals surface area contributed by atoms with Gasteiger partial charge in [-0.25, -0.2) is 9.97 Å². The molecule has 0 unspecified atom stereocenters. The van der Waals surface area contributed by atoms with Crippen LogP contribution in [-0.2, 0) is 10.3 Å². The van der Waals surface area contributed by atoms with Crippen molar-refractivity contribution in [1.82, 2.24) is 15.0 Å².